The summed E-state index contributed by atoms with van der Waals surface area (Å²) in [5.74, 6) is 0.467. The zero-order chi connectivity index (χ0) is 16.2. The predicted octanol–water partition coefficient (Wildman–Crippen LogP) is 4.72. The molecule has 2 aromatic rings. The zero-order valence-corrected chi connectivity index (χ0v) is 14.3. The van der Waals surface area contributed by atoms with Gasteiger partial charge in [0, 0.05) is 5.88 Å². The second kappa shape index (κ2) is 7.43. The summed E-state index contributed by atoms with van der Waals surface area (Å²) < 4.78 is 17.7. The fourth-order valence-electron chi connectivity index (χ4n) is 2.03. The van der Waals surface area contributed by atoms with E-state index in [1.807, 2.05) is 37.3 Å². The number of hydrogen-bond donors (Lipinski definition) is 1. The fraction of sp³-hybridized carbons (Fsp3) is 0.294. The van der Waals surface area contributed by atoms with Crippen molar-refractivity contribution in [1.82, 2.24) is 0 Å². The average molecular weight is 339 g/mol. The van der Waals surface area contributed by atoms with Crippen molar-refractivity contribution >= 4 is 24.5 Å². The van der Waals surface area contributed by atoms with Gasteiger partial charge in [0.05, 0.1) is 11.4 Å². The second-order valence-corrected chi connectivity index (χ2v) is 7.26. The summed E-state index contributed by atoms with van der Waals surface area (Å²) in [5, 5.41) is 0.312. The van der Waals surface area contributed by atoms with Crippen molar-refractivity contribution in [3.63, 3.8) is 0 Å². The number of rotatable bonds is 6. The third-order valence-electron chi connectivity index (χ3n) is 3.51. The highest BCUT2D eigenvalue weighted by Gasteiger charge is 2.25. The molecule has 3 nitrogen and oxygen atoms in total. The first-order valence-corrected chi connectivity index (χ1v) is 9.34. The molecule has 5 heteroatoms. The van der Waals surface area contributed by atoms with Crippen LogP contribution in [0, 0.1) is 0 Å². The first-order chi connectivity index (χ1) is 10.5. The Labute approximate surface area is 136 Å². The van der Waals surface area contributed by atoms with E-state index in [2.05, 4.69) is 0 Å². The van der Waals surface area contributed by atoms with Crippen molar-refractivity contribution in [2.24, 2.45) is 0 Å². The lowest BCUT2D eigenvalue weighted by Crippen LogP contribution is -2.12. The summed E-state index contributed by atoms with van der Waals surface area (Å²) in [7, 11) is -3.80. The highest BCUT2D eigenvalue weighted by atomic mass is 35.5. The van der Waals surface area contributed by atoms with Gasteiger partial charge in [0.15, 0.2) is 0 Å². The van der Waals surface area contributed by atoms with Gasteiger partial charge in [-0.2, -0.15) is 0 Å². The lowest BCUT2D eigenvalue weighted by Gasteiger charge is -2.17. The van der Waals surface area contributed by atoms with Gasteiger partial charge in [0.1, 0.15) is 0 Å². The van der Waals surface area contributed by atoms with Crippen LogP contribution in [0.1, 0.15) is 25.8 Å². The molecule has 0 saturated heterocycles. The number of hydrogen-bond acceptors (Lipinski definition) is 2. The summed E-state index contributed by atoms with van der Waals surface area (Å²) in [6, 6.07) is 14.8. The van der Waals surface area contributed by atoms with Crippen molar-refractivity contribution < 1.29 is 14.0 Å². The maximum Gasteiger partial charge on any atom is 0.359 e. The van der Waals surface area contributed by atoms with Crippen LogP contribution < -0.4 is 5.30 Å². The number of benzene rings is 2. The molecule has 0 heterocycles. The molecular formula is C17H20ClO3P. The third kappa shape index (κ3) is 4.21. The van der Waals surface area contributed by atoms with E-state index < -0.39 is 7.60 Å². The molecule has 0 aliphatic heterocycles. The van der Waals surface area contributed by atoms with Gasteiger partial charge in [0.25, 0.3) is 0 Å². The topological polar surface area (TPSA) is 46.5 Å². The van der Waals surface area contributed by atoms with E-state index in [9.17, 15) is 9.46 Å². The minimum Gasteiger partial charge on any atom is -0.321 e. The van der Waals surface area contributed by atoms with Crippen LogP contribution in [0.2, 0.25) is 0 Å². The molecule has 0 saturated carbocycles. The third-order valence-corrected chi connectivity index (χ3v) is 5.40. The number of halogens is 1. The Balaban J connectivity index is 2.31. The summed E-state index contributed by atoms with van der Waals surface area (Å²) in [5.41, 5.74) is 2.88. The van der Waals surface area contributed by atoms with Crippen LogP contribution in [0.25, 0.3) is 11.1 Å². The smallest absolute Gasteiger partial charge is 0.321 e. The molecule has 0 fully saturated rings. The lowest BCUT2D eigenvalue weighted by molar-refractivity contribution is 0.192. The Bertz CT molecular complexity index is 670. The van der Waals surface area contributed by atoms with E-state index in [-0.39, 0.29) is 6.10 Å². The van der Waals surface area contributed by atoms with Gasteiger partial charge in [-0.05, 0) is 42.2 Å². The Morgan fingerprint density at radius 3 is 2.45 bits per heavy atom. The van der Waals surface area contributed by atoms with Gasteiger partial charge in [0.2, 0.25) is 0 Å². The molecule has 2 atom stereocenters. The highest BCUT2D eigenvalue weighted by molar-refractivity contribution is 7.61. The summed E-state index contributed by atoms with van der Waals surface area (Å²) in [6.07, 6.45) is 0.423. The summed E-state index contributed by atoms with van der Waals surface area (Å²) in [4.78, 5) is 10.2. The van der Waals surface area contributed by atoms with Gasteiger partial charge in [-0.3, -0.25) is 4.57 Å². The van der Waals surface area contributed by atoms with E-state index >= 15 is 0 Å². The normalized spacial score (nSPS) is 15.3. The van der Waals surface area contributed by atoms with Crippen LogP contribution in [0.3, 0.4) is 0 Å². The first kappa shape index (κ1) is 17.2. The standard InChI is InChI=1S/C17H20ClO3P/c1-3-13(2)21-22(19,20)17-6-4-5-16(11-17)15-9-7-14(12-18)8-10-15/h4-11,13H,3,12H2,1-2H3,(H,19,20). The SMILES string of the molecule is CCC(C)OP(=O)(O)c1cccc(-c2ccc(CCl)cc2)c1. The maximum absolute atomic E-state index is 12.4. The van der Waals surface area contributed by atoms with Crippen molar-refractivity contribution in [2.75, 3.05) is 0 Å². The van der Waals surface area contributed by atoms with Gasteiger partial charge in [-0.25, -0.2) is 0 Å². The molecule has 0 bridgehead atoms. The number of alkyl halides is 1. The molecule has 2 aromatic carbocycles. The van der Waals surface area contributed by atoms with Crippen LogP contribution in [0.4, 0.5) is 0 Å². The fourth-order valence-corrected chi connectivity index (χ4v) is 3.54. The van der Waals surface area contributed by atoms with Crippen LogP contribution in [0.5, 0.6) is 0 Å². The van der Waals surface area contributed by atoms with Crippen LogP contribution in [-0.4, -0.2) is 11.0 Å². The van der Waals surface area contributed by atoms with Crippen LogP contribution in [-0.2, 0) is 15.0 Å². The average Bonchev–Trinajstić information content (AvgIpc) is 2.54. The molecular weight excluding hydrogens is 319 g/mol. The first-order valence-electron chi connectivity index (χ1n) is 7.23. The second-order valence-electron chi connectivity index (χ2n) is 5.23. The van der Waals surface area contributed by atoms with Gasteiger partial charge in [-0.1, -0.05) is 43.3 Å². The molecule has 118 valence electrons. The Hall–Kier alpha value is -1.12. The molecule has 0 aliphatic carbocycles. The van der Waals surface area contributed by atoms with Gasteiger partial charge >= 0.3 is 7.60 Å². The lowest BCUT2D eigenvalue weighted by atomic mass is 10.0. The molecule has 2 unspecified atom stereocenters. The van der Waals surface area contributed by atoms with Crippen molar-refractivity contribution in [3.8, 4) is 11.1 Å². The molecule has 2 rings (SSSR count). The van der Waals surface area contributed by atoms with Crippen molar-refractivity contribution in [1.29, 1.82) is 0 Å². The van der Waals surface area contributed by atoms with Crippen LogP contribution in [0.15, 0.2) is 48.5 Å². The van der Waals surface area contributed by atoms with Crippen LogP contribution >= 0.6 is 19.2 Å². The Kier molecular flexibility index (Phi) is 5.82. The molecule has 0 aliphatic rings. The molecule has 0 aromatic heterocycles. The van der Waals surface area contributed by atoms with E-state index in [1.54, 1.807) is 25.1 Å². The van der Waals surface area contributed by atoms with Crippen molar-refractivity contribution in [2.45, 2.75) is 32.3 Å². The highest BCUT2D eigenvalue weighted by Crippen LogP contribution is 2.43. The van der Waals surface area contributed by atoms with E-state index in [1.165, 1.54) is 0 Å². The van der Waals surface area contributed by atoms with Gasteiger partial charge < -0.3 is 9.42 Å². The Morgan fingerprint density at radius 1 is 1.18 bits per heavy atom. The monoisotopic (exact) mass is 338 g/mol. The molecule has 0 spiro atoms. The van der Waals surface area contributed by atoms with Crippen molar-refractivity contribution in [3.05, 3.63) is 54.1 Å². The van der Waals surface area contributed by atoms with E-state index in [4.69, 9.17) is 16.1 Å². The molecule has 22 heavy (non-hydrogen) atoms. The van der Waals surface area contributed by atoms with Gasteiger partial charge in [-0.15, -0.1) is 11.6 Å². The minimum atomic E-state index is -3.80. The minimum absolute atomic E-state index is 0.262. The molecule has 1 N–H and O–H groups in total. The Morgan fingerprint density at radius 2 is 1.86 bits per heavy atom. The summed E-state index contributed by atoms with van der Waals surface area (Å²) >= 11 is 5.79. The predicted molar refractivity (Wildman–Crippen MR) is 91.7 cm³/mol. The van der Waals surface area contributed by atoms with E-state index in [0.717, 1.165) is 16.7 Å². The quantitative estimate of drug-likeness (QED) is 0.612. The zero-order valence-electron chi connectivity index (χ0n) is 12.7. The molecule has 0 radical (unpaired) electrons. The van der Waals surface area contributed by atoms with E-state index in [0.29, 0.717) is 17.6 Å². The largest absolute Gasteiger partial charge is 0.359 e. The maximum atomic E-state index is 12.4. The summed E-state index contributed by atoms with van der Waals surface area (Å²) in [6.45, 7) is 3.71. The molecule has 0 amide bonds.